The summed E-state index contributed by atoms with van der Waals surface area (Å²) in [5.74, 6) is 1.06. The van der Waals surface area contributed by atoms with Gasteiger partial charge in [0.1, 0.15) is 11.3 Å². The summed E-state index contributed by atoms with van der Waals surface area (Å²) >= 11 is 0. The molecule has 1 aliphatic heterocycles. The second-order valence-corrected chi connectivity index (χ2v) is 3.82. The van der Waals surface area contributed by atoms with Crippen molar-refractivity contribution < 1.29 is 9.15 Å². The molecule has 3 nitrogen and oxygen atoms in total. The van der Waals surface area contributed by atoms with Crippen molar-refractivity contribution in [3.05, 3.63) is 23.7 Å². The maximum absolute atomic E-state index is 5.57. The van der Waals surface area contributed by atoms with Crippen molar-refractivity contribution in [2.24, 2.45) is 0 Å². The maximum atomic E-state index is 5.57. The number of rotatable bonds is 3. The van der Waals surface area contributed by atoms with E-state index in [4.69, 9.17) is 9.15 Å². The second kappa shape index (κ2) is 3.75. The van der Waals surface area contributed by atoms with Gasteiger partial charge in [-0.3, -0.25) is 0 Å². The topological polar surface area (TPSA) is 34.4 Å². The SMILES string of the molecule is CCC1(COC)NCCc2ccoc21. The highest BCUT2D eigenvalue weighted by Gasteiger charge is 2.37. The number of hydrogen-bond acceptors (Lipinski definition) is 3. The van der Waals surface area contributed by atoms with Gasteiger partial charge in [0.25, 0.3) is 0 Å². The second-order valence-electron chi connectivity index (χ2n) is 3.82. The minimum atomic E-state index is -0.105. The highest BCUT2D eigenvalue weighted by molar-refractivity contribution is 5.28. The van der Waals surface area contributed by atoms with Crippen LogP contribution in [-0.4, -0.2) is 20.3 Å². The van der Waals surface area contributed by atoms with Crippen molar-refractivity contribution >= 4 is 0 Å². The molecular weight excluding hydrogens is 178 g/mol. The van der Waals surface area contributed by atoms with Crippen molar-refractivity contribution in [3.8, 4) is 0 Å². The van der Waals surface area contributed by atoms with E-state index in [-0.39, 0.29) is 5.54 Å². The highest BCUT2D eigenvalue weighted by atomic mass is 16.5. The number of nitrogens with one attached hydrogen (secondary N) is 1. The number of methoxy groups -OCH3 is 1. The molecule has 1 aromatic heterocycles. The molecule has 0 radical (unpaired) electrons. The first-order valence-electron chi connectivity index (χ1n) is 5.13. The Bertz CT molecular complexity index is 308. The van der Waals surface area contributed by atoms with Crippen LogP contribution in [0.25, 0.3) is 0 Å². The smallest absolute Gasteiger partial charge is 0.129 e. The van der Waals surface area contributed by atoms with Gasteiger partial charge in [-0.15, -0.1) is 0 Å². The summed E-state index contributed by atoms with van der Waals surface area (Å²) in [4.78, 5) is 0. The van der Waals surface area contributed by atoms with Crippen LogP contribution < -0.4 is 5.32 Å². The van der Waals surface area contributed by atoms with Crippen molar-refractivity contribution in [1.29, 1.82) is 0 Å². The van der Waals surface area contributed by atoms with Gasteiger partial charge in [-0.25, -0.2) is 0 Å². The van der Waals surface area contributed by atoms with Gasteiger partial charge < -0.3 is 14.5 Å². The van der Waals surface area contributed by atoms with E-state index < -0.39 is 0 Å². The zero-order valence-corrected chi connectivity index (χ0v) is 8.80. The molecule has 1 atom stereocenters. The molecule has 0 saturated carbocycles. The Balaban J connectivity index is 2.36. The van der Waals surface area contributed by atoms with Crippen molar-refractivity contribution in [2.75, 3.05) is 20.3 Å². The lowest BCUT2D eigenvalue weighted by Crippen LogP contribution is -2.49. The van der Waals surface area contributed by atoms with E-state index in [1.807, 2.05) is 0 Å². The molecule has 1 aliphatic rings. The average Bonchev–Trinajstić information content (AvgIpc) is 2.67. The molecule has 0 aliphatic carbocycles. The Hall–Kier alpha value is -0.800. The third-order valence-corrected chi connectivity index (χ3v) is 3.03. The first-order chi connectivity index (χ1) is 6.82. The molecule has 14 heavy (non-hydrogen) atoms. The summed E-state index contributed by atoms with van der Waals surface area (Å²) in [5.41, 5.74) is 1.22. The zero-order chi connectivity index (χ0) is 10.0. The first-order valence-corrected chi connectivity index (χ1v) is 5.13. The normalized spacial score (nSPS) is 26.1. The molecule has 78 valence electrons. The fourth-order valence-corrected chi connectivity index (χ4v) is 2.22. The highest BCUT2D eigenvalue weighted by Crippen LogP contribution is 2.32. The lowest BCUT2D eigenvalue weighted by atomic mass is 9.87. The lowest BCUT2D eigenvalue weighted by molar-refractivity contribution is 0.0843. The van der Waals surface area contributed by atoms with Crippen LogP contribution in [0.3, 0.4) is 0 Å². The van der Waals surface area contributed by atoms with Crippen molar-refractivity contribution in [3.63, 3.8) is 0 Å². The summed E-state index contributed by atoms with van der Waals surface area (Å²) in [7, 11) is 1.73. The number of fused-ring (bicyclic) bond motifs is 1. The van der Waals surface area contributed by atoms with Gasteiger partial charge in [-0.2, -0.15) is 0 Å². The molecule has 1 N–H and O–H groups in total. The van der Waals surface area contributed by atoms with Gasteiger partial charge in [-0.05, 0) is 24.5 Å². The minimum absolute atomic E-state index is 0.105. The molecular formula is C11H17NO2. The van der Waals surface area contributed by atoms with Crippen LogP contribution in [0.1, 0.15) is 24.7 Å². The predicted molar refractivity (Wildman–Crippen MR) is 54.3 cm³/mol. The fourth-order valence-electron chi connectivity index (χ4n) is 2.22. The van der Waals surface area contributed by atoms with Crippen LogP contribution in [0.2, 0.25) is 0 Å². The minimum Gasteiger partial charge on any atom is -0.467 e. The van der Waals surface area contributed by atoms with Gasteiger partial charge in [0.2, 0.25) is 0 Å². The Morgan fingerprint density at radius 2 is 2.50 bits per heavy atom. The monoisotopic (exact) mass is 195 g/mol. The summed E-state index contributed by atoms with van der Waals surface area (Å²) in [5, 5.41) is 3.51. The molecule has 1 aromatic rings. The molecule has 2 rings (SSSR count). The molecule has 0 aromatic carbocycles. The Labute approximate surface area is 84.4 Å². The standard InChI is InChI=1S/C11H17NO2/c1-3-11(8-13-2)10-9(4-6-12-11)5-7-14-10/h5,7,12H,3-4,6,8H2,1-2H3. The average molecular weight is 195 g/mol. The third-order valence-electron chi connectivity index (χ3n) is 3.03. The summed E-state index contributed by atoms with van der Waals surface area (Å²) in [6.45, 7) is 3.83. The fraction of sp³-hybridized carbons (Fsp3) is 0.636. The molecule has 2 heterocycles. The van der Waals surface area contributed by atoms with Gasteiger partial charge in [0, 0.05) is 13.7 Å². The molecule has 0 fully saturated rings. The van der Waals surface area contributed by atoms with E-state index in [0.717, 1.165) is 25.1 Å². The van der Waals surface area contributed by atoms with E-state index in [1.54, 1.807) is 13.4 Å². The molecule has 0 spiro atoms. The Kier molecular flexibility index (Phi) is 2.61. The first kappa shape index (κ1) is 9.74. The van der Waals surface area contributed by atoms with Crippen LogP contribution in [0.15, 0.2) is 16.7 Å². The van der Waals surface area contributed by atoms with E-state index >= 15 is 0 Å². The summed E-state index contributed by atoms with van der Waals surface area (Å²) in [6.07, 6.45) is 3.82. The van der Waals surface area contributed by atoms with Crippen LogP contribution in [0, 0.1) is 0 Å². The quantitative estimate of drug-likeness (QED) is 0.796. The van der Waals surface area contributed by atoms with Gasteiger partial charge in [0.05, 0.1) is 12.9 Å². The van der Waals surface area contributed by atoms with Crippen LogP contribution in [0.4, 0.5) is 0 Å². The predicted octanol–water partition coefficient (Wildman–Crippen LogP) is 1.68. The maximum Gasteiger partial charge on any atom is 0.129 e. The van der Waals surface area contributed by atoms with Crippen LogP contribution in [0.5, 0.6) is 0 Å². The molecule has 3 heteroatoms. The van der Waals surface area contributed by atoms with Crippen LogP contribution in [-0.2, 0) is 16.7 Å². The van der Waals surface area contributed by atoms with Gasteiger partial charge in [-0.1, -0.05) is 6.92 Å². The van der Waals surface area contributed by atoms with E-state index in [2.05, 4.69) is 18.3 Å². The lowest BCUT2D eigenvalue weighted by Gasteiger charge is -2.35. The molecule has 0 saturated heterocycles. The molecule has 0 amide bonds. The van der Waals surface area contributed by atoms with E-state index in [1.165, 1.54) is 5.56 Å². The summed E-state index contributed by atoms with van der Waals surface area (Å²) < 4.78 is 10.9. The number of ether oxygens (including phenoxy) is 1. The Morgan fingerprint density at radius 3 is 3.21 bits per heavy atom. The molecule has 1 unspecified atom stereocenters. The van der Waals surface area contributed by atoms with Crippen molar-refractivity contribution in [2.45, 2.75) is 25.3 Å². The molecule has 0 bridgehead atoms. The number of hydrogen-bond donors (Lipinski definition) is 1. The van der Waals surface area contributed by atoms with Crippen LogP contribution >= 0.6 is 0 Å². The van der Waals surface area contributed by atoms with E-state index in [0.29, 0.717) is 6.61 Å². The zero-order valence-electron chi connectivity index (χ0n) is 8.80. The summed E-state index contributed by atoms with van der Waals surface area (Å²) in [6, 6.07) is 2.07. The third kappa shape index (κ3) is 1.37. The van der Waals surface area contributed by atoms with Crippen molar-refractivity contribution in [1.82, 2.24) is 5.32 Å². The Morgan fingerprint density at radius 1 is 1.64 bits per heavy atom. The largest absolute Gasteiger partial charge is 0.467 e. The number of furan rings is 1. The van der Waals surface area contributed by atoms with Gasteiger partial charge in [0.15, 0.2) is 0 Å². The van der Waals surface area contributed by atoms with E-state index in [9.17, 15) is 0 Å². The van der Waals surface area contributed by atoms with Gasteiger partial charge >= 0.3 is 0 Å².